The van der Waals surface area contributed by atoms with Crippen LogP contribution in [0, 0.1) is 0 Å². The van der Waals surface area contributed by atoms with E-state index in [1.165, 1.54) is 5.56 Å². The molecule has 0 bridgehead atoms. The number of carbonyl (C=O) groups is 1. The van der Waals surface area contributed by atoms with Gasteiger partial charge < -0.3 is 9.84 Å². The predicted molar refractivity (Wildman–Crippen MR) is 86.9 cm³/mol. The Kier molecular flexibility index (Phi) is 3.92. The number of anilines is 1. The zero-order chi connectivity index (χ0) is 15.5. The molecule has 1 heterocycles. The fourth-order valence-corrected chi connectivity index (χ4v) is 2.37. The average molecular weight is 294 g/mol. The molecule has 3 aromatic rings. The summed E-state index contributed by atoms with van der Waals surface area (Å²) in [6.45, 7) is 4.28. The van der Waals surface area contributed by atoms with E-state index >= 15 is 0 Å². The van der Waals surface area contributed by atoms with Gasteiger partial charge in [-0.15, -0.1) is 0 Å². The number of nitrogens with one attached hydrogen (secondary N) is 1. The zero-order valence-corrected chi connectivity index (χ0v) is 12.7. The number of carbonyl (C=O) groups excluding carboxylic acids is 1. The SMILES string of the molecule is CC(C)c1ccc(NC(=O)Cc2noc3ccccc23)cc1. The molecule has 0 saturated carbocycles. The molecule has 1 aromatic heterocycles. The molecule has 112 valence electrons. The Morgan fingerprint density at radius 1 is 1.14 bits per heavy atom. The Morgan fingerprint density at radius 2 is 1.86 bits per heavy atom. The van der Waals surface area contributed by atoms with Crippen LogP contribution in [-0.4, -0.2) is 11.1 Å². The lowest BCUT2D eigenvalue weighted by atomic mass is 10.0. The number of fused-ring (bicyclic) bond motifs is 1. The van der Waals surface area contributed by atoms with Gasteiger partial charge in [-0.1, -0.05) is 43.3 Å². The Morgan fingerprint density at radius 3 is 2.59 bits per heavy atom. The molecule has 0 saturated heterocycles. The van der Waals surface area contributed by atoms with Gasteiger partial charge in [-0.25, -0.2) is 0 Å². The fourth-order valence-electron chi connectivity index (χ4n) is 2.37. The van der Waals surface area contributed by atoms with Crippen LogP contribution in [0.25, 0.3) is 11.0 Å². The first-order valence-electron chi connectivity index (χ1n) is 7.36. The topological polar surface area (TPSA) is 55.1 Å². The maximum Gasteiger partial charge on any atom is 0.230 e. The van der Waals surface area contributed by atoms with E-state index in [1.807, 2.05) is 48.5 Å². The third-order valence-electron chi connectivity index (χ3n) is 3.64. The van der Waals surface area contributed by atoms with Gasteiger partial charge >= 0.3 is 0 Å². The molecule has 0 spiro atoms. The number of amides is 1. The summed E-state index contributed by atoms with van der Waals surface area (Å²) < 4.78 is 5.21. The van der Waals surface area contributed by atoms with Gasteiger partial charge in [-0.05, 0) is 35.7 Å². The molecule has 0 aliphatic heterocycles. The first-order chi connectivity index (χ1) is 10.6. The van der Waals surface area contributed by atoms with E-state index in [0.717, 1.165) is 11.1 Å². The van der Waals surface area contributed by atoms with E-state index in [0.29, 0.717) is 17.2 Å². The van der Waals surface area contributed by atoms with Crippen LogP contribution in [0.5, 0.6) is 0 Å². The summed E-state index contributed by atoms with van der Waals surface area (Å²) in [5.74, 6) is 0.377. The van der Waals surface area contributed by atoms with E-state index < -0.39 is 0 Å². The van der Waals surface area contributed by atoms with Crippen LogP contribution in [0.2, 0.25) is 0 Å². The van der Waals surface area contributed by atoms with Crippen LogP contribution >= 0.6 is 0 Å². The second kappa shape index (κ2) is 6.02. The Balaban J connectivity index is 1.69. The number of hydrogen-bond donors (Lipinski definition) is 1. The van der Waals surface area contributed by atoms with Crippen LogP contribution in [0.3, 0.4) is 0 Å². The summed E-state index contributed by atoms with van der Waals surface area (Å²) >= 11 is 0. The van der Waals surface area contributed by atoms with Gasteiger partial charge in [-0.2, -0.15) is 0 Å². The maximum atomic E-state index is 12.1. The molecule has 0 fully saturated rings. The molecule has 4 nitrogen and oxygen atoms in total. The second-order valence-corrected chi connectivity index (χ2v) is 5.63. The summed E-state index contributed by atoms with van der Waals surface area (Å²) in [4.78, 5) is 12.1. The molecule has 2 aromatic carbocycles. The molecule has 0 unspecified atom stereocenters. The van der Waals surface area contributed by atoms with Crippen LogP contribution in [0.1, 0.15) is 31.0 Å². The standard InChI is InChI=1S/C18H18N2O2/c1-12(2)13-7-9-14(10-8-13)19-18(21)11-16-15-5-3-4-6-17(15)22-20-16/h3-10,12H,11H2,1-2H3,(H,19,21). The van der Waals surface area contributed by atoms with Crippen molar-refractivity contribution in [1.82, 2.24) is 5.16 Å². The van der Waals surface area contributed by atoms with Gasteiger partial charge in [0, 0.05) is 11.1 Å². The van der Waals surface area contributed by atoms with Gasteiger partial charge in [-0.3, -0.25) is 4.79 Å². The highest BCUT2D eigenvalue weighted by Crippen LogP contribution is 2.20. The van der Waals surface area contributed by atoms with E-state index in [2.05, 4.69) is 24.3 Å². The molecule has 4 heteroatoms. The minimum Gasteiger partial charge on any atom is -0.356 e. The van der Waals surface area contributed by atoms with Crippen molar-refractivity contribution in [2.45, 2.75) is 26.2 Å². The average Bonchev–Trinajstić information content (AvgIpc) is 2.91. The molecule has 0 atom stereocenters. The first kappa shape index (κ1) is 14.3. The van der Waals surface area contributed by atoms with E-state index in [1.54, 1.807) is 0 Å². The van der Waals surface area contributed by atoms with Crippen molar-refractivity contribution in [3.05, 3.63) is 59.8 Å². The van der Waals surface area contributed by atoms with Crippen molar-refractivity contribution < 1.29 is 9.32 Å². The lowest BCUT2D eigenvalue weighted by Crippen LogP contribution is -2.14. The molecule has 3 rings (SSSR count). The van der Waals surface area contributed by atoms with E-state index in [9.17, 15) is 4.79 Å². The summed E-state index contributed by atoms with van der Waals surface area (Å²) in [6, 6.07) is 15.5. The highest BCUT2D eigenvalue weighted by molar-refractivity contribution is 5.94. The van der Waals surface area contributed by atoms with Crippen LogP contribution < -0.4 is 5.32 Å². The van der Waals surface area contributed by atoms with Crippen molar-refractivity contribution in [2.24, 2.45) is 0 Å². The predicted octanol–water partition coefficient (Wildman–Crippen LogP) is 4.13. The van der Waals surface area contributed by atoms with E-state index in [-0.39, 0.29) is 12.3 Å². The number of benzene rings is 2. The summed E-state index contributed by atoms with van der Waals surface area (Å²) in [5, 5.41) is 7.75. The van der Waals surface area contributed by atoms with Crippen molar-refractivity contribution in [1.29, 1.82) is 0 Å². The van der Waals surface area contributed by atoms with Crippen LogP contribution in [-0.2, 0) is 11.2 Å². The molecule has 0 aliphatic rings. The van der Waals surface area contributed by atoms with Gasteiger partial charge in [0.25, 0.3) is 0 Å². The molecule has 1 N–H and O–H groups in total. The van der Waals surface area contributed by atoms with Gasteiger partial charge in [0.2, 0.25) is 5.91 Å². The molecule has 0 aliphatic carbocycles. The molecule has 0 radical (unpaired) electrons. The maximum absolute atomic E-state index is 12.1. The van der Waals surface area contributed by atoms with Crippen molar-refractivity contribution in [3.63, 3.8) is 0 Å². The smallest absolute Gasteiger partial charge is 0.230 e. The third kappa shape index (κ3) is 3.01. The van der Waals surface area contributed by atoms with Crippen molar-refractivity contribution in [2.75, 3.05) is 5.32 Å². The normalized spacial score (nSPS) is 11.0. The van der Waals surface area contributed by atoms with E-state index in [4.69, 9.17) is 4.52 Å². The monoisotopic (exact) mass is 294 g/mol. The second-order valence-electron chi connectivity index (χ2n) is 5.63. The first-order valence-corrected chi connectivity index (χ1v) is 7.36. The number of hydrogen-bond acceptors (Lipinski definition) is 3. The van der Waals surface area contributed by atoms with Gasteiger partial charge in [0.15, 0.2) is 5.58 Å². The van der Waals surface area contributed by atoms with Crippen LogP contribution in [0.4, 0.5) is 5.69 Å². The summed E-state index contributed by atoms with van der Waals surface area (Å²) in [7, 11) is 0. The van der Waals surface area contributed by atoms with Crippen molar-refractivity contribution >= 4 is 22.6 Å². The largest absolute Gasteiger partial charge is 0.356 e. The Labute approximate surface area is 129 Å². The lowest BCUT2D eigenvalue weighted by molar-refractivity contribution is -0.115. The molecule has 22 heavy (non-hydrogen) atoms. The zero-order valence-electron chi connectivity index (χ0n) is 12.7. The van der Waals surface area contributed by atoms with Gasteiger partial charge in [0.05, 0.1) is 6.42 Å². The number of nitrogens with zero attached hydrogens (tertiary/aromatic N) is 1. The molecule has 1 amide bonds. The summed E-state index contributed by atoms with van der Waals surface area (Å²) in [6.07, 6.45) is 0.197. The molecular formula is C18H18N2O2. The lowest BCUT2D eigenvalue weighted by Gasteiger charge is -2.08. The quantitative estimate of drug-likeness (QED) is 0.787. The highest BCUT2D eigenvalue weighted by Gasteiger charge is 2.12. The fraction of sp³-hybridized carbons (Fsp3) is 0.222. The Bertz CT molecular complexity index is 788. The Hall–Kier alpha value is -2.62. The number of rotatable bonds is 4. The van der Waals surface area contributed by atoms with Crippen molar-refractivity contribution in [3.8, 4) is 0 Å². The summed E-state index contributed by atoms with van der Waals surface area (Å²) in [5.41, 5.74) is 3.40. The van der Waals surface area contributed by atoms with Gasteiger partial charge in [0.1, 0.15) is 5.69 Å². The number of para-hydroxylation sites is 1. The minimum atomic E-state index is -0.101. The van der Waals surface area contributed by atoms with Crippen LogP contribution in [0.15, 0.2) is 53.1 Å². The third-order valence-corrected chi connectivity index (χ3v) is 3.64. The number of aromatic nitrogens is 1. The highest BCUT2D eigenvalue weighted by atomic mass is 16.5. The minimum absolute atomic E-state index is 0.101. The molecular weight excluding hydrogens is 276 g/mol.